The summed E-state index contributed by atoms with van der Waals surface area (Å²) in [5.41, 5.74) is 2.96. The van der Waals surface area contributed by atoms with Crippen LogP contribution in [0.1, 0.15) is 46.5 Å². The van der Waals surface area contributed by atoms with Crippen LogP contribution in [0.5, 0.6) is 0 Å². The van der Waals surface area contributed by atoms with Gasteiger partial charge in [0.1, 0.15) is 4.21 Å². The lowest BCUT2D eigenvalue weighted by molar-refractivity contribution is 0.103. The fourth-order valence-electron chi connectivity index (χ4n) is 3.00. The average molecular weight is 393 g/mol. The molecule has 2 aromatic rings. The van der Waals surface area contributed by atoms with Crippen LogP contribution < -0.4 is 5.32 Å². The Bertz CT molecular complexity index is 895. The molecule has 0 aliphatic carbocycles. The largest absolute Gasteiger partial charge is 0.321 e. The summed E-state index contributed by atoms with van der Waals surface area (Å²) in [6, 6.07) is 8.85. The zero-order valence-corrected chi connectivity index (χ0v) is 16.8. The number of thiophene rings is 1. The lowest BCUT2D eigenvalue weighted by atomic mass is 10.1. The van der Waals surface area contributed by atoms with Gasteiger partial charge in [-0.3, -0.25) is 4.79 Å². The first kappa shape index (κ1) is 19.1. The Morgan fingerprint density at radius 3 is 2.35 bits per heavy atom. The van der Waals surface area contributed by atoms with E-state index in [9.17, 15) is 13.2 Å². The number of hydrogen-bond acceptors (Lipinski definition) is 4. The molecule has 0 saturated carbocycles. The second-order valence-electron chi connectivity index (χ2n) is 6.69. The Balaban J connectivity index is 1.75. The quantitative estimate of drug-likeness (QED) is 0.849. The number of amides is 1. The standard InChI is InChI=1S/C19H24N2O3S2/c1-14-7-8-16(13-15(14)2)20-19(22)17-9-10-18(25-17)26(23,24)21-11-5-3-4-6-12-21/h7-10,13H,3-6,11-12H2,1-2H3,(H,20,22). The van der Waals surface area contributed by atoms with E-state index in [1.165, 1.54) is 0 Å². The van der Waals surface area contributed by atoms with Gasteiger partial charge < -0.3 is 5.32 Å². The summed E-state index contributed by atoms with van der Waals surface area (Å²) in [7, 11) is -3.51. The molecule has 5 nitrogen and oxygen atoms in total. The minimum absolute atomic E-state index is 0.240. The van der Waals surface area contributed by atoms with Gasteiger partial charge in [0.15, 0.2) is 0 Å². The van der Waals surface area contributed by atoms with Crippen molar-refractivity contribution in [1.29, 1.82) is 0 Å². The average Bonchev–Trinajstić information content (AvgIpc) is 2.95. The van der Waals surface area contributed by atoms with Crippen LogP contribution in [-0.2, 0) is 10.0 Å². The first-order valence-electron chi connectivity index (χ1n) is 8.86. The van der Waals surface area contributed by atoms with Crippen molar-refractivity contribution in [3.05, 3.63) is 46.3 Å². The minimum atomic E-state index is -3.51. The molecular weight excluding hydrogens is 368 g/mol. The van der Waals surface area contributed by atoms with E-state index < -0.39 is 10.0 Å². The highest BCUT2D eigenvalue weighted by molar-refractivity contribution is 7.91. The van der Waals surface area contributed by atoms with Gasteiger partial charge in [-0.2, -0.15) is 4.31 Å². The van der Waals surface area contributed by atoms with Crippen LogP contribution in [0.4, 0.5) is 5.69 Å². The zero-order chi connectivity index (χ0) is 18.7. The van der Waals surface area contributed by atoms with Crippen molar-refractivity contribution in [2.75, 3.05) is 18.4 Å². The maximum Gasteiger partial charge on any atom is 0.265 e. The molecule has 1 amide bonds. The highest BCUT2D eigenvalue weighted by atomic mass is 32.2. The molecule has 1 aromatic heterocycles. The van der Waals surface area contributed by atoms with Crippen molar-refractivity contribution in [3.8, 4) is 0 Å². The number of carbonyl (C=O) groups excluding carboxylic acids is 1. The molecule has 0 unspecified atom stereocenters. The Morgan fingerprint density at radius 2 is 1.69 bits per heavy atom. The van der Waals surface area contributed by atoms with Gasteiger partial charge in [-0.05, 0) is 62.1 Å². The second-order valence-corrected chi connectivity index (χ2v) is 9.94. The smallest absolute Gasteiger partial charge is 0.265 e. The predicted molar refractivity (Wildman–Crippen MR) is 105 cm³/mol. The third-order valence-electron chi connectivity index (χ3n) is 4.73. The summed E-state index contributed by atoms with van der Waals surface area (Å²) >= 11 is 1.03. The molecule has 7 heteroatoms. The van der Waals surface area contributed by atoms with Gasteiger partial charge in [-0.25, -0.2) is 8.42 Å². The lowest BCUT2D eigenvalue weighted by Crippen LogP contribution is -2.31. The first-order chi connectivity index (χ1) is 12.4. The third kappa shape index (κ3) is 4.16. The number of hydrogen-bond donors (Lipinski definition) is 1. The van der Waals surface area contributed by atoms with Gasteiger partial charge in [0.2, 0.25) is 0 Å². The molecule has 0 bridgehead atoms. The Labute approximate surface area is 159 Å². The van der Waals surface area contributed by atoms with Crippen LogP contribution in [0.2, 0.25) is 0 Å². The van der Waals surface area contributed by atoms with Crippen molar-refractivity contribution in [2.45, 2.75) is 43.7 Å². The first-order valence-corrected chi connectivity index (χ1v) is 11.1. The maximum atomic E-state index is 12.8. The number of rotatable bonds is 4. The summed E-state index contributed by atoms with van der Waals surface area (Å²) in [6.07, 6.45) is 3.93. The van der Waals surface area contributed by atoms with Gasteiger partial charge in [0, 0.05) is 18.8 Å². The monoisotopic (exact) mass is 392 g/mol. The molecule has 3 rings (SSSR count). The summed E-state index contributed by atoms with van der Waals surface area (Å²) in [5.74, 6) is -0.282. The van der Waals surface area contributed by atoms with Gasteiger partial charge >= 0.3 is 0 Å². The molecule has 0 atom stereocenters. The molecule has 0 spiro atoms. The highest BCUT2D eigenvalue weighted by Crippen LogP contribution is 2.27. The molecule has 2 heterocycles. The Hall–Kier alpha value is -1.70. The van der Waals surface area contributed by atoms with Crippen LogP contribution in [0.25, 0.3) is 0 Å². The molecule has 140 valence electrons. The molecule has 1 fully saturated rings. The molecular formula is C19H24N2O3S2. The van der Waals surface area contributed by atoms with Gasteiger partial charge in [-0.15, -0.1) is 11.3 Å². The van der Waals surface area contributed by atoms with Crippen molar-refractivity contribution in [2.24, 2.45) is 0 Å². The summed E-state index contributed by atoms with van der Waals surface area (Å²) in [5, 5.41) is 2.84. The zero-order valence-electron chi connectivity index (χ0n) is 15.1. The van der Waals surface area contributed by atoms with E-state index in [2.05, 4.69) is 5.32 Å². The van der Waals surface area contributed by atoms with Crippen LogP contribution in [-0.4, -0.2) is 31.7 Å². The fourth-order valence-corrected chi connectivity index (χ4v) is 5.87. The number of nitrogens with one attached hydrogen (secondary N) is 1. The van der Waals surface area contributed by atoms with Gasteiger partial charge in [-0.1, -0.05) is 18.9 Å². The van der Waals surface area contributed by atoms with E-state index in [4.69, 9.17) is 0 Å². The van der Waals surface area contributed by atoms with Crippen molar-refractivity contribution in [3.63, 3.8) is 0 Å². The minimum Gasteiger partial charge on any atom is -0.321 e. The topological polar surface area (TPSA) is 66.5 Å². The molecule has 1 aliphatic heterocycles. The van der Waals surface area contributed by atoms with E-state index in [0.29, 0.717) is 23.7 Å². The predicted octanol–water partition coefficient (Wildman–Crippen LogP) is 4.18. The summed E-state index contributed by atoms with van der Waals surface area (Å²) in [6.45, 7) is 5.12. The Morgan fingerprint density at radius 1 is 1.00 bits per heavy atom. The molecule has 1 aromatic carbocycles. The van der Waals surface area contributed by atoms with E-state index in [-0.39, 0.29) is 10.1 Å². The summed E-state index contributed by atoms with van der Waals surface area (Å²) < 4.78 is 27.4. The normalized spacial score (nSPS) is 16.2. The Kier molecular flexibility index (Phi) is 5.79. The second kappa shape index (κ2) is 7.90. The number of benzene rings is 1. The maximum absolute atomic E-state index is 12.8. The van der Waals surface area contributed by atoms with Gasteiger partial charge in [0.25, 0.3) is 15.9 Å². The number of nitrogens with zero attached hydrogens (tertiary/aromatic N) is 1. The van der Waals surface area contributed by atoms with Crippen LogP contribution in [0.3, 0.4) is 0 Å². The fraction of sp³-hybridized carbons (Fsp3) is 0.421. The van der Waals surface area contributed by atoms with Crippen molar-refractivity contribution in [1.82, 2.24) is 4.31 Å². The summed E-state index contributed by atoms with van der Waals surface area (Å²) in [4.78, 5) is 12.9. The lowest BCUT2D eigenvalue weighted by Gasteiger charge is -2.18. The molecule has 1 aliphatic rings. The SMILES string of the molecule is Cc1ccc(NC(=O)c2ccc(S(=O)(=O)N3CCCCCC3)s2)cc1C. The number of carbonyl (C=O) groups is 1. The number of aryl methyl sites for hydroxylation is 2. The van der Waals surface area contributed by atoms with E-state index in [1.54, 1.807) is 16.4 Å². The molecule has 26 heavy (non-hydrogen) atoms. The van der Waals surface area contributed by atoms with Crippen LogP contribution >= 0.6 is 11.3 Å². The molecule has 1 saturated heterocycles. The van der Waals surface area contributed by atoms with E-state index >= 15 is 0 Å². The highest BCUT2D eigenvalue weighted by Gasteiger charge is 2.27. The number of anilines is 1. The van der Waals surface area contributed by atoms with E-state index in [1.807, 2.05) is 32.0 Å². The van der Waals surface area contributed by atoms with Gasteiger partial charge in [0.05, 0.1) is 4.88 Å². The third-order valence-corrected chi connectivity index (χ3v) is 8.18. The van der Waals surface area contributed by atoms with Crippen LogP contribution in [0, 0.1) is 13.8 Å². The van der Waals surface area contributed by atoms with Crippen molar-refractivity contribution < 1.29 is 13.2 Å². The molecule has 1 N–H and O–H groups in total. The van der Waals surface area contributed by atoms with Crippen molar-refractivity contribution >= 4 is 33.0 Å². The molecule has 0 radical (unpaired) electrons. The van der Waals surface area contributed by atoms with Crippen LogP contribution in [0.15, 0.2) is 34.5 Å². The van der Waals surface area contributed by atoms with E-state index in [0.717, 1.165) is 48.1 Å². The number of sulfonamides is 1.